The fourth-order valence-corrected chi connectivity index (χ4v) is 3.16. The van der Waals surface area contributed by atoms with Crippen LogP contribution >= 0.6 is 0 Å². The zero-order valence-electron chi connectivity index (χ0n) is 13.5. The molecule has 1 aliphatic heterocycles. The lowest BCUT2D eigenvalue weighted by atomic mass is 9.98. The molecule has 1 aromatic heterocycles. The zero-order chi connectivity index (χ0) is 17.1. The van der Waals surface area contributed by atoms with Gasteiger partial charge in [-0.15, -0.1) is 0 Å². The largest absolute Gasteiger partial charge is 0.465 e. The Balaban J connectivity index is 2.05. The summed E-state index contributed by atoms with van der Waals surface area (Å²) < 4.78 is 6.60. The van der Waals surface area contributed by atoms with E-state index in [4.69, 9.17) is 10.00 Å². The topological polar surface area (TPSA) is 72.1 Å². The van der Waals surface area contributed by atoms with E-state index < -0.39 is 5.97 Å². The van der Waals surface area contributed by atoms with Crippen molar-refractivity contribution in [2.45, 2.75) is 32.2 Å². The standard InChI is InChI=1S/C19H18N2O3/c1-24-19(23)16-11-15(10-13-5-7-14(12-20)8-6-13)18(22)21-9-3-2-4-17(16)21/h5-8,11H,2-4,9-10H2,1H3. The smallest absolute Gasteiger partial charge is 0.339 e. The lowest BCUT2D eigenvalue weighted by molar-refractivity contribution is 0.0597. The normalized spacial score (nSPS) is 13.0. The molecule has 0 atom stereocenters. The molecule has 2 aromatic rings. The maximum atomic E-state index is 12.8. The average molecular weight is 322 g/mol. The van der Waals surface area contributed by atoms with Crippen LogP contribution in [0.3, 0.4) is 0 Å². The van der Waals surface area contributed by atoms with Crippen molar-refractivity contribution >= 4 is 5.97 Å². The highest BCUT2D eigenvalue weighted by Gasteiger charge is 2.22. The number of fused-ring (bicyclic) bond motifs is 1. The molecule has 0 spiro atoms. The Hall–Kier alpha value is -2.87. The average Bonchev–Trinajstić information content (AvgIpc) is 2.64. The van der Waals surface area contributed by atoms with Crippen molar-refractivity contribution in [3.63, 3.8) is 0 Å². The molecule has 0 unspecified atom stereocenters. The molecule has 0 aliphatic carbocycles. The van der Waals surface area contributed by atoms with Crippen LogP contribution in [0.4, 0.5) is 0 Å². The molecule has 0 radical (unpaired) electrons. The second-order valence-electron chi connectivity index (χ2n) is 5.92. The molecule has 0 bridgehead atoms. The van der Waals surface area contributed by atoms with E-state index in [1.54, 1.807) is 22.8 Å². The predicted molar refractivity (Wildman–Crippen MR) is 88.9 cm³/mol. The summed E-state index contributed by atoms with van der Waals surface area (Å²) in [6, 6.07) is 10.9. The summed E-state index contributed by atoms with van der Waals surface area (Å²) in [5, 5.41) is 8.86. The van der Waals surface area contributed by atoms with E-state index in [1.165, 1.54) is 7.11 Å². The quantitative estimate of drug-likeness (QED) is 0.814. The number of carbonyl (C=O) groups is 1. The van der Waals surface area contributed by atoms with Gasteiger partial charge in [0.1, 0.15) is 0 Å². The number of rotatable bonds is 3. The molecular weight excluding hydrogens is 304 g/mol. The fourth-order valence-electron chi connectivity index (χ4n) is 3.16. The van der Waals surface area contributed by atoms with Gasteiger partial charge in [-0.25, -0.2) is 4.79 Å². The summed E-state index contributed by atoms with van der Waals surface area (Å²) in [6.07, 6.45) is 3.05. The molecule has 2 heterocycles. The van der Waals surface area contributed by atoms with Crippen molar-refractivity contribution in [2.75, 3.05) is 7.11 Å². The molecule has 0 saturated heterocycles. The van der Waals surface area contributed by atoms with Crippen molar-refractivity contribution in [2.24, 2.45) is 0 Å². The highest BCUT2D eigenvalue weighted by atomic mass is 16.5. The molecule has 0 saturated carbocycles. The van der Waals surface area contributed by atoms with E-state index >= 15 is 0 Å². The molecule has 0 fully saturated rings. The lowest BCUT2D eigenvalue weighted by Crippen LogP contribution is -2.32. The van der Waals surface area contributed by atoms with Crippen LogP contribution in [0.1, 0.15) is 45.6 Å². The summed E-state index contributed by atoms with van der Waals surface area (Å²) in [5.41, 5.74) is 3.31. The minimum atomic E-state index is -0.401. The SMILES string of the molecule is COC(=O)c1cc(Cc2ccc(C#N)cc2)c(=O)n2c1CCCC2. The number of benzene rings is 1. The van der Waals surface area contributed by atoms with Crippen LogP contribution in [0.5, 0.6) is 0 Å². The second-order valence-corrected chi connectivity index (χ2v) is 5.92. The van der Waals surface area contributed by atoms with Crippen LogP contribution in [0, 0.1) is 11.3 Å². The Bertz CT molecular complexity index is 873. The van der Waals surface area contributed by atoms with Crippen LogP contribution in [-0.2, 0) is 24.1 Å². The number of hydrogen-bond donors (Lipinski definition) is 0. The number of methoxy groups -OCH3 is 1. The van der Waals surface area contributed by atoms with E-state index in [0.717, 1.165) is 30.5 Å². The summed E-state index contributed by atoms with van der Waals surface area (Å²) >= 11 is 0. The van der Waals surface area contributed by atoms with Gasteiger partial charge in [-0.2, -0.15) is 5.26 Å². The lowest BCUT2D eigenvalue weighted by Gasteiger charge is -2.22. The van der Waals surface area contributed by atoms with E-state index in [-0.39, 0.29) is 5.56 Å². The molecular formula is C19H18N2O3. The van der Waals surface area contributed by atoms with Gasteiger partial charge in [-0.3, -0.25) is 4.79 Å². The van der Waals surface area contributed by atoms with Crippen LogP contribution in [0.15, 0.2) is 35.1 Å². The van der Waals surface area contributed by atoms with Gasteiger partial charge in [0.15, 0.2) is 0 Å². The Labute approximate surface area is 140 Å². The zero-order valence-corrected chi connectivity index (χ0v) is 13.5. The van der Waals surface area contributed by atoms with Crippen LogP contribution in [0.2, 0.25) is 0 Å². The number of ether oxygens (including phenoxy) is 1. The highest BCUT2D eigenvalue weighted by Crippen LogP contribution is 2.20. The van der Waals surface area contributed by atoms with Gasteiger partial charge in [-0.05, 0) is 43.0 Å². The van der Waals surface area contributed by atoms with Gasteiger partial charge in [-0.1, -0.05) is 12.1 Å². The third kappa shape index (κ3) is 2.95. The third-order valence-electron chi connectivity index (χ3n) is 4.40. The Morgan fingerprint density at radius 3 is 2.71 bits per heavy atom. The molecule has 1 aliphatic rings. The molecule has 24 heavy (non-hydrogen) atoms. The van der Waals surface area contributed by atoms with Crippen LogP contribution < -0.4 is 5.56 Å². The van der Waals surface area contributed by atoms with Gasteiger partial charge in [0.25, 0.3) is 5.56 Å². The van der Waals surface area contributed by atoms with Gasteiger partial charge in [0, 0.05) is 24.2 Å². The summed E-state index contributed by atoms with van der Waals surface area (Å²) in [7, 11) is 1.35. The third-order valence-corrected chi connectivity index (χ3v) is 4.40. The van der Waals surface area contributed by atoms with E-state index in [2.05, 4.69) is 6.07 Å². The van der Waals surface area contributed by atoms with Crippen molar-refractivity contribution in [1.82, 2.24) is 4.57 Å². The van der Waals surface area contributed by atoms with Crippen LogP contribution in [0.25, 0.3) is 0 Å². The monoisotopic (exact) mass is 322 g/mol. The number of nitriles is 1. The van der Waals surface area contributed by atoms with E-state index in [1.807, 2.05) is 12.1 Å². The molecule has 0 N–H and O–H groups in total. The number of carbonyl (C=O) groups excluding carboxylic acids is 1. The Morgan fingerprint density at radius 1 is 1.29 bits per heavy atom. The molecule has 0 amide bonds. The summed E-state index contributed by atoms with van der Waals surface area (Å²) in [6.45, 7) is 0.638. The van der Waals surface area contributed by atoms with Crippen LogP contribution in [-0.4, -0.2) is 17.6 Å². The molecule has 5 heteroatoms. The maximum Gasteiger partial charge on any atom is 0.339 e. The molecule has 1 aromatic carbocycles. The van der Waals surface area contributed by atoms with Gasteiger partial charge in [0.2, 0.25) is 0 Å². The van der Waals surface area contributed by atoms with Crippen molar-refractivity contribution < 1.29 is 9.53 Å². The highest BCUT2D eigenvalue weighted by molar-refractivity contribution is 5.90. The van der Waals surface area contributed by atoms with Crippen molar-refractivity contribution in [1.29, 1.82) is 5.26 Å². The number of pyridine rings is 1. The van der Waals surface area contributed by atoms with Gasteiger partial charge in [0.05, 0.1) is 24.3 Å². The second kappa shape index (κ2) is 6.71. The summed E-state index contributed by atoms with van der Waals surface area (Å²) in [4.78, 5) is 24.9. The minimum absolute atomic E-state index is 0.0401. The maximum absolute atomic E-state index is 12.8. The summed E-state index contributed by atoms with van der Waals surface area (Å²) in [5.74, 6) is -0.401. The Kier molecular flexibility index (Phi) is 4.48. The minimum Gasteiger partial charge on any atom is -0.465 e. The first-order valence-electron chi connectivity index (χ1n) is 7.97. The first kappa shape index (κ1) is 16.0. The number of hydrogen-bond acceptors (Lipinski definition) is 4. The van der Waals surface area contributed by atoms with Gasteiger partial charge >= 0.3 is 5.97 Å². The fraction of sp³-hybridized carbons (Fsp3) is 0.316. The first-order valence-corrected chi connectivity index (χ1v) is 7.97. The number of esters is 1. The van der Waals surface area contributed by atoms with Crippen molar-refractivity contribution in [3.05, 3.63) is 68.6 Å². The molecule has 122 valence electrons. The first-order chi connectivity index (χ1) is 11.6. The number of aromatic nitrogens is 1. The van der Waals surface area contributed by atoms with E-state index in [0.29, 0.717) is 29.7 Å². The number of nitrogens with zero attached hydrogens (tertiary/aromatic N) is 2. The van der Waals surface area contributed by atoms with Gasteiger partial charge < -0.3 is 9.30 Å². The van der Waals surface area contributed by atoms with E-state index in [9.17, 15) is 9.59 Å². The predicted octanol–water partition coefficient (Wildman–Crippen LogP) is 2.43. The molecule has 5 nitrogen and oxygen atoms in total. The molecule has 3 rings (SSSR count). The Morgan fingerprint density at radius 2 is 2.04 bits per heavy atom. The van der Waals surface area contributed by atoms with Crippen molar-refractivity contribution in [3.8, 4) is 6.07 Å².